The van der Waals surface area contributed by atoms with Crippen LogP contribution in [0.2, 0.25) is 0 Å². The Kier molecular flexibility index (Phi) is 167. The molecule has 0 aliphatic rings. The molecule has 0 atom stereocenters. The van der Waals surface area contributed by atoms with Crippen LogP contribution >= 0.6 is 4.59 Å². The first-order valence-corrected chi connectivity index (χ1v) is 5.70. The van der Waals surface area contributed by atoms with Crippen molar-refractivity contribution in [1.29, 1.82) is 0 Å². The van der Waals surface area contributed by atoms with Gasteiger partial charge in [-0.05, 0) is 0 Å². The van der Waals surface area contributed by atoms with Crippen LogP contribution in [0.3, 0.4) is 0 Å². The van der Waals surface area contributed by atoms with Crippen molar-refractivity contribution in [2.24, 2.45) is 5.50 Å². The van der Waals surface area contributed by atoms with E-state index in [0.29, 0.717) is 0 Å². The van der Waals surface area contributed by atoms with Crippen molar-refractivity contribution >= 4 is 40.9 Å². The average Bonchev–Trinajstić information content (AvgIpc) is 0.722. The third-order valence-electron chi connectivity index (χ3n) is 0. The minimum absolute atomic E-state index is 0. The van der Waals surface area contributed by atoms with Crippen molar-refractivity contribution in [3.63, 3.8) is 0 Å². The molecule has 7 nitrogen and oxygen atoms in total. The molecule has 0 aromatic heterocycles. The van der Waals surface area contributed by atoms with E-state index in [4.69, 9.17) is 5.50 Å². The molecule has 0 aliphatic carbocycles. The van der Waals surface area contributed by atoms with Crippen molar-refractivity contribution in [3.8, 4) is 0 Å². The van der Waals surface area contributed by atoms with Crippen molar-refractivity contribution in [2.45, 2.75) is 0 Å². The Hall–Kier alpha value is 1.67. The van der Waals surface area contributed by atoms with Crippen molar-refractivity contribution in [3.05, 3.63) is 0 Å². The molecular formula is H23LiN7PS3+2. The monoisotopic (exact) mass is 255 g/mol. The molecule has 12 heteroatoms. The van der Waals surface area contributed by atoms with Gasteiger partial charge < -0.3 is 66.9 Å². The molecule has 0 saturated carbocycles. The molecule has 0 aromatic carbocycles. The molecule has 0 bridgehead atoms. The van der Waals surface area contributed by atoms with E-state index in [-0.39, 0.29) is 55.8 Å². The first-order chi connectivity index (χ1) is 2.00. The maximum Gasteiger partial charge on any atom is 1.00 e. The van der Waals surface area contributed by atoms with Crippen LogP contribution in [-0.4, -0.2) is 0 Å². The quantitative estimate of drug-likeness (QED) is 0.159. The fraction of sp³-hybridized carbons (Fsp3) is 0. The van der Waals surface area contributed by atoms with Gasteiger partial charge in [0.15, 0.2) is 0 Å². The number of quaternary nitrogens is 3. The summed E-state index contributed by atoms with van der Waals surface area (Å²) >= 11 is 13.0. The minimum atomic E-state index is -2.14. The van der Waals surface area contributed by atoms with Crippen LogP contribution in [-0.2, 0) is 36.3 Å². The first-order valence-electron chi connectivity index (χ1n) is 0.806. The average molecular weight is 255 g/mol. The predicted octanol–water partition coefficient (Wildman–Crippen LogP) is -1.12. The van der Waals surface area contributed by atoms with Gasteiger partial charge in [-0.2, -0.15) is 0 Å². The number of nitrogens with two attached hydrogens (primary N) is 1. The van der Waals surface area contributed by atoms with Gasteiger partial charge in [-0.15, -0.1) is 11.8 Å². The molecule has 0 unspecified atom stereocenters. The summed E-state index contributed by atoms with van der Waals surface area (Å²) in [5.74, 6) is 0. The van der Waals surface area contributed by atoms with Gasteiger partial charge in [0.2, 0.25) is 0 Å². The van der Waals surface area contributed by atoms with Crippen LogP contribution in [0.1, 0.15) is 0 Å². The summed E-state index contributed by atoms with van der Waals surface area (Å²) in [5.41, 5.74) is 4.91. The van der Waals surface area contributed by atoms with Crippen LogP contribution in [0.15, 0.2) is 0 Å². The fourth-order valence-corrected chi connectivity index (χ4v) is 0. The second-order valence-electron chi connectivity index (χ2n) is 0.540. The fourth-order valence-electron chi connectivity index (χ4n) is 0. The van der Waals surface area contributed by atoms with Gasteiger partial charge >= 0.3 is 18.9 Å². The Morgan fingerprint density at radius 2 is 0.917 bits per heavy atom. The zero-order valence-electron chi connectivity index (χ0n) is 8.37. The van der Waals surface area contributed by atoms with E-state index in [1.54, 1.807) is 0 Å². The summed E-state index contributed by atoms with van der Waals surface area (Å²) in [6, 6.07) is 0. The molecule has 0 amide bonds. The topological polar surface area (TPSA) is 241 Å². The van der Waals surface area contributed by atoms with Crippen molar-refractivity contribution in [2.75, 3.05) is 0 Å². The molecule has 0 fully saturated rings. The number of hydrogen-bond donors (Lipinski definition) is 7. The van der Waals surface area contributed by atoms with E-state index in [1.807, 2.05) is 0 Å². The molecule has 0 radical (unpaired) electrons. The summed E-state index contributed by atoms with van der Waals surface area (Å²) in [6.07, 6.45) is 0. The van der Waals surface area contributed by atoms with E-state index in [0.717, 1.165) is 0 Å². The molecule has 0 rings (SSSR count). The summed E-state index contributed by atoms with van der Waals surface area (Å²) in [5, 5.41) is 0. The second-order valence-corrected chi connectivity index (χ2v) is 8.88. The zero-order chi connectivity index (χ0) is 4.50. The maximum atomic E-state index is 4.91. The van der Waals surface area contributed by atoms with Gasteiger partial charge in [0.05, 0.1) is 0 Å². The predicted molar refractivity (Wildman–Crippen MR) is 66.2 cm³/mol. The van der Waals surface area contributed by atoms with E-state index in [2.05, 4.69) is 36.3 Å². The van der Waals surface area contributed by atoms with Gasteiger partial charge in [-0.3, -0.25) is 0 Å². The van der Waals surface area contributed by atoms with Gasteiger partial charge in [0.1, 0.15) is 0 Å². The Morgan fingerprint density at radius 3 is 0.917 bits per heavy atom. The number of hydrogen-bond acceptors (Lipinski definition) is 6. The summed E-state index contributed by atoms with van der Waals surface area (Å²) in [7, 11) is 0. The van der Waals surface area contributed by atoms with E-state index >= 15 is 0 Å². The van der Waals surface area contributed by atoms with Gasteiger partial charge in [0.25, 0.3) is 0 Å². The first kappa shape index (κ1) is 68.3. The van der Waals surface area contributed by atoms with Crippen molar-refractivity contribution in [1.82, 2.24) is 36.9 Å². The molecule has 0 heterocycles. The Bertz CT molecular complexity index is 64.8. The zero-order valence-corrected chi connectivity index (χ0v) is 11.7. The van der Waals surface area contributed by atoms with Gasteiger partial charge in [-0.1, -0.05) is 0 Å². The largest absolute Gasteiger partial charge is 1.00 e. The van der Waals surface area contributed by atoms with Crippen LogP contribution in [0.5, 0.6) is 0 Å². The SMILES string of the molecule is N.N.N.NP(=S)([S-])[S-].[Li+].[NH4+].[NH4+].[NH4+]. The van der Waals surface area contributed by atoms with Crippen LogP contribution < -0.4 is 61.3 Å². The second kappa shape index (κ2) is 29.3. The van der Waals surface area contributed by atoms with E-state index in [1.165, 1.54) is 0 Å². The summed E-state index contributed by atoms with van der Waals surface area (Å²) < 4.78 is -2.14. The van der Waals surface area contributed by atoms with Crippen LogP contribution in [0, 0.1) is 0 Å². The normalized spacial score (nSPS) is 4.92. The molecular weight excluding hydrogens is 232 g/mol. The molecule has 0 aliphatic heterocycles. The van der Waals surface area contributed by atoms with E-state index in [9.17, 15) is 0 Å². The van der Waals surface area contributed by atoms with Crippen LogP contribution in [0.25, 0.3) is 0 Å². The third-order valence-corrected chi connectivity index (χ3v) is 0. The standard InChI is InChI=1S/Li.H4NPS3.6H3N/c;1-2(3,4)5;;;;;;/h;(H4,1,3,4,5);6*1H3/q+1;;;;;;;/p+1. The summed E-state index contributed by atoms with van der Waals surface area (Å²) in [4.78, 5) is 0. The molecule has 0 saturated heterocycles. The van der Waals surface area contributed by atoms with Gasteiger partial charge in [0, 0.05) is 0 Å². The van der Waals surface area contributed by atoms with E-state index < -0.39 is 4.59 Å². The molecule has 80 valence electrons. The Balaban J connectivity index is -0.00000000381. The van der Waals surface area contributed by atoms with Gasteiger partial charge in [-0.25, -0.2) is 4.59 Å². The molecule has 12 heavy (non-hydrogen) atoms. The molecule has 23 N–H and O–H groups in total. The third kappa shape index (κ3) is 478. The molecule has 0 spiro atoms. The Morgan fingerprint density at radius 1 is 0.917 bits per heavy atom. The Labute approximate surface area is 102 Å². The van der Waals surface area contributed by atoms with Crippen LogP contribution in [0.4, 0.5) is 0 Å². The number of rotatable bonds is 0. The minimum Gasteiger partial charge on any atom is -0.756 e. The van der Waals surface area contributed by atoms with Crippen molar-refractivity contribution < 1.29 is 18.9 Å². The smallest absolute Gasteiger partial charge is 0.756 e. The maximum absolute atomic E-state index is 4.91. The molecule has 0 aromatic rings. The summed E-state index contributed by atoms with van der Waals surface area (Å²) in [6.45, 7) is 0.